The Bertz CT molecular complexity index is 505. The highest BCUT2D eigenvalue weighted by molar-refractivity contribution is 7.89. The van der Waals surface area contributed by atoms with E-state index in [1.807, 2.05) is 13.8 Å². The Balaban J connectivity index is 3.02. The molecule has 0 aliphatic heterocycles. The van der Waals surface area contributed by atoms with Crippen molar-refractivity contribution in [3.05, 3.63) is 18.3 Å². The maximum atomic E-state index is 12.5. The normalized spacial score (nSPS) is 11.8. The van der Waals surface area contributed by atoms with Gasteiger partial charge in [-0.15, -0.1) is 0 Å². The highest BCUT2D eigenvalue weighted by Crippen LogP contribution is 2.18. The lowest BCUT2D eigenvalue weighted by Gasteiger charge is -2.21. The van der Waals surface area contributed by atoms with Crippen LogP contribution in [0.3, 0.4) is 0 Å². The van der Waals surface area contributed by atoms with E-state index in [1.165, 1.54) is 22.6 Å². The molecule has 0 fully saturated rings. The molecule has 1 aromatic heterocycles. The van der Waals surface area contributed by atoms with Crippen LogP contribution in [0.15, 0.2) is 23.2 Å². The van der Waals surface area contributed by atoms with Crippen molar-refractivity contribution < 1.29 is 13.5 Å². The van der Waals surface area contributed by atoms with Gasteiger partial charge in [0.25, 0.3) is 0 Å². The zero-order valence-electron chi connectivity index (χ0n) is 12.0. The molecular weight excluding hydrogens is 278 g/mol. The van der Waals surface area contributed by atoms with Gasteiger partial charge in [-0.05, 0) is 19.4 Å². The van der Waals surface area contributed by atoms with Crippen molar-refractivity contribution in [2.75, 3.05) is 31.6 Å². The molecule has 0 amide bonds. The Morgan fingerprint density at radius 3 is 2.70 bits per heavy atom. The molecule has 6 nitrogen and oxygen atoms in total. The summed E-state index contributed by atoms with van der Waals surface area (Å²) in [6.45, 7) is 4.93. The number of rotatable bonds is 9. The van der Waals surface area contributed by atoms with E-state index in [-0.39, 0.29) is 18.0 Å². The zero-order valence-corrected chi connectivity index (χ0v) is 12.9. The number of aliphatic hydroxyl groups excluding tert-OH is 1. The summed E-state index contributed by atoms with van der Waals surface area (Å²) in [5.74, 6) is 0.535. The molecule has 1 aromatic rings. The Morgan fingerprint density at radius 2 is 2.10 bits per heavy atom. The predicted octanol–water partition coefficient (Wildman–Crippen LogP) is 1.30. The minimum absolute atomic E-state index is 0.112. The first kappa shape index (κ1) is 16.9. The van der Waals surface area contributed by atoms with Gasteiger partial charge in [0.2, 0.25) is 10.0 Å². The van der Waals surface area contributed by atoms with Crippen LogP contribution in [0, 0.1) is 0 Å². The number of nitrogens with one attached hydrogen (secondary N) is 1. The van der Waals surface area contributed by atoms with Gasteiger partial charge in [-0.1, -0.05) is 13.3 Å². The second-order valence-corrected chi connectivity index (χ2v) is 6.33. The average Bonchev–Trinajstić information content (AvgIpc) is 2.44. The molecule has 0 aliphatic rings. The van der Waals surface area contributed by atoms with Crippen molar-refractivity contribution in [2.45, 2.75) is 31.6 Å². The Hall–Kier alpha value is -1.18. The van der Waals surface area contributed by atoms with Crippen LogP contribution < -0.4 is 5.32 Å². The van der Waals surface area contributed by atoms with E-state index in [1.54, 1.807) is 0 Å². The molecule has 0 unspecified atom stereocenters. The standard InChI is InChI=1S/C13H23N3O3S/c1-3-5-8-16(9-10-17)20(18,19)12-6-7-15-13(11-12)14-4-2/h6-7,11,17H,3-5,8-10H2,1-2H3,(H,14,15). The molecule has 0 atom stereocenters. The first-order chi connectivity index (χ1) is 9.56. The van der Waals surface area contributed by atoms with Crippen molar-refractivity contribution in [1.82, 2.24) is 9.29 Å². The summed E-state index contributed by atoms with van der Waals surface area (Å²) >= 11 is 0. The first-order valence-corrected chi connectivity index (χ1v) is 8.31. The third kappa shape index (κ3) is 4.43. The number of sulfonamides is 1. The van der Waals surface area contributed by atoms with E-state index >= 15 is 0 Å². The largest absolute Gasteiger partial charge is 0.395 e. The number of aromatic nitrogens is 1. The minimum atomic E-state index is -3.58. The van der Waals surface area contributed by atoms with Gasteiger partial charge >= 0.3 is 0 Å². The molecule has 114 valence electrons. The van der Waals surface area contributed by atoms with Gasteiger partial charge in [-0.25, -0.2) is 13.4 Å². The molecule has 2 N–H and O–H groups in total. The second kappa shape index (κ2) is 8.18. The molecular formula is C13H23N3O3S. The van der Waals surface area contributed by atoms with Crippen LogP contribution in [0.5, 0.6) is 0 Å². The van der Waals surface area contributed by atoms with Crippen LogP contribution in [-0.2, 0) is 10.0 Å². The van der Waals surface area contributed by atoms with Gasteiger partial charge < -0.3 is 10.4 Å². The SMILES string of the molecule is CCCCN(CCO)S(=O)(=O)c1ccnc(NCC)c1. The fraction of sp³-hybridized carbons (Fsp3) is 0.615. The van der Waals surface area contributed by atoms with Crippen molar-refractivity contribution in [3.63, 3.8) is 0 Å². The van der Waals surface area contributed by atoms with Crippen LogP contribution in [0.25, 0.3) is 0 Å². The quantitative estimate of drug-likeness (QED) is 0.718. The number of nitrogens with zero attached hydrogens (tertiary/aromatic N) is 2. The average molecular weight is 301 g/mol. The molecule has 7 heteroatoms. The minimum Gasteiger partial charge on any atom is -0.395 e. The van der Waals surface area contributed by atoms with E-state index in [4.69, 9.17) is 5.11 Å². The summed E-state index contributed by atoms with van der Waals surface area (Å²) in [5.41, 5.74) is 0. The summed E-state index contributed by atoms with van der Waals surface area (Å²) in [4.78, 5) is 4.27. The van der Waals surface area contributed by atoms with E-state index < -0.39 is 10.0 Å². The molecule has 20 heavy (non-hydrogen) atoms. The number of unbranched alkanes of at least 4 members (excludes halogenated alkanes) is 1. The Kier molecular flexibility index (Phi) is 6.90. The van der Waals surface area contributed by atoms with E-state index in [0.717, 1.165) is 12.8 Å². The molecule has 0 bridgehead atoms. The molecule has 0 saturated heterocycles. The molecule has 0 aromatic carbocycles. The number of aliphatic hydroxyl groups is 1. The van der Waals surface area contributed by atoms with Crippen molar-refractivity contribution >= 4 is 15.8 Å². The third-order valence-electron chi connectivity index (χ3n) is 2.84. The molecule has 1 heterocycles. The number of anilines is 1. The van der Waals surface area contributed by atoms with Crippen LogP contribution >= 0.6 is 0 Å². The lowest BCUT2D eigenvalue weighted by atomic mass is 10.3. The first-order valence-electron chi connectivity index (χ1n) is 6.87. The lowest BCUT2D eigenvalue weighted by molar-refractivity contribution is 0.252. The number of hydrogen-bond acceptors (Lipinski definition) is 5. The molecule has 1 rings (SSSR count). The highest BCUT2D eigenvalue weighted by Gasteiger charge is 2.23. The van der Waals surface area contributed by atoms with E-state index in [2.05, 4.69) is 10.3 Å². The van der Waals surface area contributed by atoms with Gasteiger partial charge in [0.15, 0.2) is 0 Å². The maximum absolute atomic E-state index is 12.5. The molecule has 0 saturated carbocycles. The number of hydrogen-bond donors (Lipinski definition) is 2. The monoisotopic (exact) mass is 301 g/mol. The predicted molar refractivity (Wildman–Crippen MR) is 79.2 cm³/mol. The molecule has 0 radical (unpaired) electrons. The lowest BCUT2D eigenvalue weighted by Crippen LogP contribution is -2.34. The smallest absolute Gasteiger partial charge is 0.243 e. The molecule has 0 aliphatic carbocycles. The molecule has 0 spiro atoms. The maximum Gasteiger partial charge on any atom is 0.243 e. The fourth-order valence-corrected chi connectivity index (χ4v) is 3.28. The van der Waals surface area contributed by atoms with Crippen LogP contribution in [0.1, 0.15) is 26.7 Å². The Labute approximate surface area is 120 Å². The van der Waals surface area contributed by atoms with Gasteiger partial charge in [0, 0.05) is 31.9 Å². The zero-order chi connectivity index (χ0) is 15.0. The Morgan fingerprint density at radius 1 is 1.35 bits per heavy atom. The highest BCUT2D eigenvalue weighted by atomic mass is 32.2. The summed E-state index contributed by atoms with van der Waals surface area (Å²) in [5, 5.41) is 12.0. The summed E-state index contributed by atoms with van der Waals surface area (Å²) in [6.07, 6.45) is 3.14. The topological polar surface area (TPSA) is 82.5 Å². The van der Waals surface area contributed by atoms with Crippen LogP contribution in [-0.4, -0.2) is 49.1 Å². The third-order valence-corrected chi connectivity index (χ3v) is 4.73. The van der Waals surface area contributed by atoms with Crippen LogP contribution in [0.2, 0.25) is 0 Å². The summed E-state index contributed by atoms with van der Waals surface area (Å²) in [6, 6.07) is 3.00. The van der Waals surface area contributed by atoms with Gasteiger partial charge in [0.05, 0.1) is 11.5 Å². The van der Waals surface area contributed by atoms with E-state index in [9.17, 15) is 8.42 Å². The summed E-state index contributed by atoms with van der Waals surface area (Å²) in [7, 11) is -3.58. The van der Waals surface area contributed by atoms with Crippen LogP contribution in [0.4, 0.5) is 5.82 Å². The second-order valence-electron chi connectivity index (χ2n) is 4.39. The van der Waals surface area contributed by atoms with Crippen molar-refractivity contribution in [2.24, 2.45) is 0 Å². The summed E-state index contributed by atoms with van der Waals surface area (Å²) < 4.78 is 26.4. The fourth-order valence-electron chi connectivity index (χ4n) is 1.80. The number of pyridine rings is 1. The van der Waals surface area contributed by atoms with Gasteiger partial charge in [-0.2, -0.15) is 4.31 Å². The van der Waals surface area contributed by atoms with Gasteiger partial charge in [0.1, 0.15) is 5.82 Å². The van der Waals surface area contributed by atoms with Crippen molar-refractivity contribution in [1.29, 1.82) is 0 Å². The van der Waals surface area contributed by atoms with E-state index in [0.29, 0.717) is 18.9 Å². The van der Waals surface area contributed by atoms with Crippen molar-refractivity contribution in [3.8, 4) is 0 Å². The van der Waals surface area contributed by atoms with Gasteiger partial charge in [-0.3, -0.25) is 0 Å².